The quantitative estimate of drug-likeness (QED) is 0.568. The van der Waals surface area contributed by atoms with Crippen LogP contribution in [-0.4, -0.2) is 36.6 Å². The van der Waals surface area contributed by atoms with Gasteiger partial charge in [0.2, 0.25) is 0 Å². The zero-order valence-corrected chi connectivity index (χ0v) is 6.64. The number of rotatable bonds is 1. The molecule has 1 atom stereocenters. The van der Waals surface area contributed by atoms with Gasteiger partial charge in [-0.1, -0.05) is 0 Å². The van der Waals surface area contributed by atoms with Gasteiger partial charge < -0.3 is 5.32 Å². The third kappa shape index (κ3) is 1.18. The van der Waals surface area contributed by atoms with Crippen molar-refractivity contribution in [1.29, 1.82) is 0 Å². The van der Waals surface area contributed by atoms with Crippen molar-refractivity contribution >= 4 is 0 Å². The Hall–Kier alpha value is -0.0800. The van der Waals surface area contributed by atoms with E-state index in [4.69, 9.17) is 0 Å². The van der Waals surface area contributed by atoms with Crippen LogP contribution in [0.1, 0.15) is 19.8 Å². The fourth-order valence-electron chi connectivity index (χ4n) is 1.81. The summed E-state index contributed by atoms with van der Waals surface area (Å²) >= 11 is 0. The van der Waals surface area contributed by atoms with E-state index in [2.05, 4.69) is 17.1 Å². The minimum absolute atomic E-state index is 0.779. The van der Waals surface area contributed by atoms with Gasteiger partial charge in [0.1, 0.15) is 0 Å². The minimum atomic E-state index is 0.779. The summed E-state index contributed by atoms with van der Waals surface area (Å²) in [5.74, 6) is 0. The average molecular weight is 140 g/mol. The molecule has 1 aliphatic carbocycles. The maximum absolute atomic E-state index is 3.41. The van der Waals surface area contributed by atoms with E-state index in [0.717, 1.165) is 12.1 Å². The molecule has 2 heteroatoms. The van der Waals surface area contributed by atoms with Gasteiger partial charge >= 0.3 is 0 Å². The Morgan fingerprint density at radius 1 is 1.40 bits per heavy atom. The molecule has 2 rings (SSSR count). The van der Waals surface area contributed by atoms with E-state index in [0.29, 0.717) is 0 Å². The van der Waals surface area contributed by atoms with Crippen molar-refractivity contribution in [3.63, 3.8) is 0 Å². The van der Waals surface area contributed by atoms with Gasteiger partial charge in [0.25, 0.3) is 0 Å². The van der Waals surface area contributed by atoms with Gasteiger partial charge in [0.05, 0.1) is 0 Å². The van der Waals surface area contributed by atoms with Crippen molar-refractivity contribution in [2.24, 2.45) is 0 Å². The molecule has 0 aromatic rings. The second-order valence-electron chi connectivity index (χ2n) is 3.52. The fraction of sp³-hybridized carbons (Fsp3) is 1.00. The SMILES string of the molecule is C[C@H]1CNCCN1C1CC1. The Bertz CT molecular complexity index is 120. The summed E-state index contributed by atoms with van der Waals surface area (Å²) in [6.07, 6.45) is 2.90. The molecule has 2 nitrogen and oxygen atoms in total. The highest BCUT2D eigenvalue weighted by Gasteiger charge is 2.32. The zero-order chi connectivity index (χ0) is 6.97. The van der Waals surface area contributed by atoms with Gasteiger partial charge in [0, 0.05) is 31.7 Å². The number of hydrogen-bond acceptors (Lipinski definition) is 2. The predicted molar refractivity (Wildman–Crippen MR) is 42.1 cm³/mol. The third-order valence-electron chi connectivity index (χ3n) is 2.57. The molecule has 0 radical (unpaired) electrons. The van der Waals surface area contributed by atoms with Crippen molar-refractivity contribution < 1.29 is 0 Å². The molecule has 2 fully saturated rings. The Balaban J connectivity index is 1.90. The van der Waals surface area contributed by atoms with Crippen LogP contribution in [0.5, 0.6) is 0 Å². The number of piperazine rings is 1. The first-order valence-corrected chi connectivity index (χ1v) is 4.34. The van der Waals surface area contributed by atoms with Gasteiger partial charge in [0.15, 0.2) is 0 Å². The molecule has 58 valence electrons. The van der Waals surface area contributed by atoms with Crippen LogP contribution < -0.4 is 5.32 Å². The zero-order valence-electron chi connectivity index (χ0n) is 6.64. The number of nitrogens with one attached hydrogen (secondary N) is 1. The molecule has 1 N–H and O–H groups in total. The first-order valence-electron chi connectivity index (χ1n) is 4.34. The summed E-state index contributed by atoms with van der Waals surface area (Å²) in [4.78, 5) is 2.65. The first-order chi connectivity index (χ1) is 4.88. The molecular formula is C8H16N2. The Labute approximate surface area is 62.6 Å². The lowest BCUT2D eigenvalue weighted by molar-refractivity contribution is 0.164. The second kappa shape index (κ2) is 2.51. The topological polar surface area (TPSA) is 15.3 Å². The van der Waals surface area contributed by atoms with Crippen molar-refractivity contribution in [2.45, 2.75) is 31.8 Å². The summed E-state index contributed by atoms with van der Waals surface area (Å²) in [5, 5.41) is 3.41. The highest BCUT2D eigenvalue weighted by Crippen LogP contribution is 2.28. The van der Waals surface area contributed by atoms with Crippen LogP contribution in [-0.2, 0) is 0 Å². The highest BCUT2D eigenvalue weighted by molar-refractivity contribution is 4.90. The van der Waals surface area contributed by atoms with Crippen LogP contribution in [0.3, 0.4) is 0 Å². The van der Waals surface area contributed by atoms with Gasteiger partial charge in [-0.2, -0.15) is 0 Å². The predicted octanol–water partition coefficient (Wildman–Crippen LogP) is 0.442. The normalized spacial score (nSPS) is 36.3. The minimum Gasteiger partial charge on any atom is -0.314 e. The van der Waals surface area contributed by atoms with Crippen LogP contribution in [0.25, 0.3) is 0 Å². The number of nitrogens with zero attached hydrogens (tertiary/aromatic N) is 1. The molecule has 0 spiro atoms. The molecule has 0 aromatic carbocycles. The molecule has 1 saturated heterocycles. The van der Waals surface area contributed by atoms with Crippen LogP contribution in [0, 0.1) is 0 Å². The molecule has 10 heavy (non-hydrogen) atoms. The van der Waals surface area contributed by atoms with E-state index >= 15 is 0 Å². The molecule has 1 saturated carbocycles. The molecule has 0 aromatic heterocycles. The summed E-state index contributed by atoms with van der Waals surface area (Å²) in [7, 11) is 0. The standard InChI is InChI=1S/C8H16N2/c1-7-6-9-4-5-10(7)8-2-3-8/h7-9H,2-6H2,1H3/t7-/m0/s1. The van der Waals surface area contributed by atoms with Crippen molar-refractivity contribution in [1.82, 2.24) is 10.2 Å². The summed E-state index contributed by atoms with van der Waals surface area (Å²) in [5.41, 5.74) is 0. The summed E-state index contributed by atoms with van der Waals surface area (Å²) < 4.78 is 0. The Morgan fingerprint density at radius 3 is 2.80 bits per heavy atom. The van der Waals surface area contributed by atoms with Gasteiger partial charge in [-0.05, 0) is 19.8 Å². The monoisotopic (exact) mass is 140 g/mol. The fourth-order valence-corrected chi connectivity index (χ4v) is 1.81. The Kier molecular flexibility index (Phi) is 1.66. The smallest absolute Gasteiger partial charge is 0.0195 e. The number of hydrogen-bond donors (Lipinski definition) is 1. The van der Waals surface area contributed by atoms with E-state index in [1.165, 1.54) is 32.5 Å². The lowest BCUT2D eigenvalue weighted by atomic mass is 10.2. The van der Waals surface area contributed by atoms with Gasteiger partial charge in [-0.25, -0.2) is 0 Å². The van der Waals surface area contributed by atoms with Crippen LogP contribution in [0.4, 0.5) is 0 Å². The largest absolute Gasteiger partial charge is 0.314 e. The van der Waals surface area contributed by atoms with E-state index in [9.17, 15) is 0 Å². The maximum Gasteiger partial charge on any atom is 0.0195 e. The van der Waals surface area contributed by atoms with E-state index in [1.807, 2.05) is 0 Å². The molecule has 1 heterocycles. The molecule has 2 aliphatic rings. The van der Waals surface area contributed by atoms with E-state index in [1.54, 1.807) is 0 Å². The van der Waals surface area contributed by atoms with Gasteiger partial charge in [-0.15, -0.1) is 0 Å². The van der Waals surface area contributed by atoms with Crippen molar-refractivity contribution in [3.05, 3.63) is 0 Å². The highest BCUT2D eigenvalue weighted by atomic mass is 15.3. The van der Waals surface area contributed by atoms with Gasteiger partial charge in [-0.3, -0.25) is 4.90 Å². The van der Waals surface area contributed by atoms with Crippen LogP contribution in [0.2, 0.25) is 0 Å². The van der Waals surface area contributed by atoms with E-state index < -0.39 is 0 Å². The molecular weight excluding hydrogens is 124 g/mol. The summed E-state index contributed by atoms with van der Waals surface area (Å²) in [6.45, 7) is 5.98. The van der Waals surface area contributed by atoms with Crippen molar-refractivity contribution in [3.8, 4) is 0 Å². The molecule has 0 amide bonds. The van der Waals surface area contributed by atoms with Crippen LogP contribution >= 0.6 is 0 Å². The van der Waals surface area contributed by atoms with E-state index in [-0.39, 0.29) is 0 Å². The first kappa shape index (κ1) is 6.62. The molecule has 0 bridgehead atoms. The van der Waals surface area contributed by atoms with Crippen molar-refractivity contribution in [2.75, 3.05) is 19.6 Å². The second-order valence-corrected chi connectivity index (χ2v) is 3.52. The summed E-state index contributed by atoms with van der Waals surface area (Å²) in [6, 6.07) is 1.73. The maximum atomic E-state index is 3.41. The molecule has 1 aliphatic heterocycles. The average Bonchev–Trinajstić information content (AvgIpc) is 2.71. The third-order valence-corrected chi connectivity index (χ3v) is 2.57. The molecule has 0 unspecified atom stereocenters. The lowest BCUT2D eigenvalue weighted by Crippen LogP contribution is -2.50. The Morgan fingerprint density at radius 2 is 2.20 bits per heavy atom. The van der Waals surface area contributed by atoms with Crippen LogP contribution in [0.15, 0.2) is 0 Å². The lowest BCUT2D eigenvalue weighted by Gasteiger charge is -2.33.